The van der Waals surface area contributed by atoms with Gasteiger partial charge < -0.3 is 13.9 Å². The Morgan fingerprint density at radius 3 is 1.53 bits per heavy atom. The van der Waals surface area contributed by atoms with Crippen molar-refractivity contribution in [2.75, 3.05) is 0 Å². The minimum absolute atomic E-state index is 1.03. The lowest BCUT2D eigenvalue weighted by Crippen LogP contribution is -2.80. The van der Waals surface area contributed by atoms with E-state index in [1.54, 1.807) is 0 Å². The number of aryl methyl sites for hydroxylation is 5. The molecule has 0 radical (unpaired) electrons. The minimum atomic E-state index is -2.88. The third-order valence-corrected chi connectivity index (χ3v) is 15.9. The molecule has 0 spiro atoms. The summed E-state index contributed by atoms with van der Waals surface area (Å²) in [5.74, 6) is 2.06. The molecule has 11 rings (SSSR count). The van der Waals surface area contributed by atoms with Gasteiger partial charge in [-0.25, -0.2) is 0 Å². The van der Waals surface area contributed by atoms with E-state index in [9.17, 15) is 0 Å². The minimum Gasteiger partial charge on any atom is -0.457 e. The van der Waals surface area contributed by atoms with E-state index in [1.165, 1.54) is 104 Å². The molecule has 4 heteroatoms. The zero-order chi connectivity index (χ0) is 30.1. The number of fused-ring (bicyclic) bond motifs is 8. The lowest BCUT2D eigenvalue weighted by Gasteiger charge is -2.47. The Morgan fingerprint density at radius 1 is 0.511 bits per heavy atom. The van der Waals surface area contributed by atoms with Crippen LogP contribution in [0.25, 0.3) is 55.0 Å². The highest BCUT2D eigenvalue weighted by Crippen LogP contribution is 2.48. The largest absolute Gasteiger partial charge is 0.457 e. The number of rotatable bonds is 1. The molecule has 3 aliphatic rings. The molecule has 5 heterocycles. The first-order valence-corrected chi connectivity index (χ1v) is 17.9. The zero-order valence-electron chi connectivity index (χ0n) is 26.0. The van der Waals surface area contributed by atoms with Crippen molar-refractivity contribution in [3.8, 4) is 22.9 Å². The second-order valence-corrected chi connectivity index (χ2v) is 17.3. The van der Waals surface area contributed by atoms with Gasteiger partial charge in [0.2, 0.25) is 0 Å². The van der Waals surface area contributed by atoms with Gasteiger partial charge in [0.25, 0.3) is 0 Å². The fourth-order valence-corrected chi connectivity index (χ4v) is 15.1. The van der Waals surface area contributed by atoms with Gasteiger partial charge in [0.05, 0.1) is 22.1 Å². The molecular formula is C41H30N2OSi. The van der Waals surface area contributed by atoms with Crippen LogP contribution in [0.4, 0.5) is 0 Å². The van der Waals surface area contributed by atoms with Crippen molar-refractivity contribution in [2.45, 2.75) is 34.6 Å². The van der Waals surface area contributed by atoms with E-state index in [4.69, 9.17) is 4.74 Å². The molecule has 0 bridgehead atoms. The van der Waals surface area contributed by atoms with Crippen molar-refractivity contribution in [3.05, 3.63) is 119 Å². The van der Waals surface area contributed by atoms with Crippen LogP contribution in [-0.4, -0.2) is 17.2 Å². The molecule has 6 aromatic carbocycles. The predicted molar refractivity (Wildman–Crippen MR) is 190 cm³/mol. The molecule has 214 valence electrons. The molecule has 0 saturated heterocycles. The highest BCUT2D eigenvalue weighted by molar-refractivity contribution is 7.24. The second-order valence-electron chi connectivity index (χ2n) is 13.7. The summed E-state index contributed by atoms with van der Waals surface area (Å²) in [5, 5.41) is 11.1. The zero-order valence-corrected chi connectivity index (χ0v) is 27.0. The average Bonchev–Trinajstić information content (AvgIpc) is 3.54. The number of hydrogen-bond acceptors (Lipinski definition) is 1. The standard InChI is InChI=1S/C41H30N2OSi/c1-21-11-13-29-27(15-21)35-24(4)19-33-40-37(35)42(29)31-17-23(3)18-32-39(31)45(40,26-9-7-6-8-10-26)41-34(44-33)20-25(5)36-28-16-22(2)12-14-30(28)43(32)38(36)41/h6-20H,1-5H3. The molecule has 3 nitrogen and oxygen atoms in total. The van der Waals surface area contributed by atoms with Gasteiger partial charge in [-0.05, 0) is 105 Å². The number of nitrogens with zero attached hydrogens (tertiary/aromatic N) is 2. The third-order valence-electron chi connectivity index (χ3n) is 11.0. The van der Waals surface area contributed by atoms with E-state index in [2.05, 4.69) is 135 Å². The molecule has 0 saturated carbocycles. The maximum atomic E-state index is 7.17. The Kier molecular flexibility index (Phi) is 4.09. The fraction of sp³-hybridized carbons (Fsp3) is 0.122. The van der Waals surface area contributed by atoms with Crippen molar-refractivity contribution < 1.29 is 4.74 Å². The maximum absolute atomic E-state index is 7.17. The van der Waals surface area contributed by atoms with Gasteiger partial charge in [0, 0.05) is 48.5 Å². The molecule has 0 aliphatic carbocycles. The van der Waals surface area contributed by atoms with Crippen LogP contribution in [0, 0.1) is 34.6 Å². The van der Waals surface area contributed by atoms with Gasteiger partial charge in [-0.1, -0.05) is 53.6 Å². The summed E-state index contributed by atoms with van der Waals surface area (Å²) in [6, 6.07) is 35.0. The Hall–Kier alpha value is -5.06. The van der Waals surface area contributed by atoms with Crippen molar-refractivity contribution in [1.82, 2.24) is 9.13 Å². The van der Waals surface area contributed by atoms with E-state index in [0.717, 1.165) is 11.5 Å². The second kappa shape index (κ2) is 7.59. The van der Waals surface area contributed by atoms with Crippen LogP contribution in [-0.2, 0) is 0 Å². The first kappa shape index (κ1) is 24.3. The molecule has 0 N–H and O–H groups in total. The van der Waals surface area contributed by atoms with Crippen LogP contribution in [0.1, 0.15) is 27.8 Å². The summed E-state index contributed by atoms with van der Waals surface area (Å²) in [5.41, 5.74) is 14.3. The molecule has 3 aliphatic heterocycles. The van der Waals surface area contributed by atoms with Crippen LogP contribution >= 0.6 is 0 Å². The van der Waals surface area contributed by atoms with Gasteiger partial charge in [-0.2, -0.15) is 0 Å². The summed E-state index contributed by atoms with van der Waals surface area (Å²) in [4.78, 5) is 0. The Balaban J connectivity index is 1.53. The van der Waals surface area contributed by atoms with Crippen LogP contribution in [0.2, 0.25) is 0 Å². The topological polar surface area (TPSA) is 19.1 Å². The van der Waals surface area contributed by atoms with Crippen molar-refractivity contribution in [1.29, 1.82) is 0 Å². The molecule has 45 heavy (non-hydrogen) atoms. The van der Waals surface area contributed by atoms with E-state index >= 15 is 0 Å². The van der Waals surface area contributed by atoms with Crippen molar-refractivity contribution >= 4 is 72.4 Å². The Morgan fingerprint density at radius 2 is 1.02 bits per heavy atom. The van der Waals surface area contributed by atoms with Crippen molar-refractivity contribution in [2.24, 2.45) is 0 Å². The summed E-state index contributed by atoms with van der Waals surface area (Å²) >= 11 is 0. The molecule has 0 unspecified atom stereocenters. The Bertz CT molecular complexity index is 2570. The van der Waals surface area contributed by atoms with Crippen LogP contribution in [0.3, 0.4) is 0 Å². The molecule has 2 aromatic heterocycles. The lowest BCUT2D eigenvalue weighted by molar-refractivity contribution is 0.487. The number of aromatic nitrogens is 2. The summed E-state index contributed by atoms with van der Waals surface area (Å²) < 4.78 is 12.4. The van der Waals surface area contributed by atoms with Gasteiger partial charge in [-0.3, -0.25) is 0 Å². The number of ether oxygens (including phenoxy) is 1. The van der Waals surface area contributed by atoms with E-state index in [1.807, 2.05) is 0 Å². The highest BCUT2D eigenvalue weighted by Gasteiger charge is 2.58. The fourth-order valence-electron chi connectivity index (χ4n) is 9.48. The maximum Gasteiger partial charge on any atom is 0.198 e. The first-order valence-electron chi connectivity index (χ1n) is 15.9. The van der Waals surface area contributed by atoms with Gasteiger partial charge in [0.15, 0.2) is 8.07 Å². The number of hydrogen-bond donors (Lipinski definition) is 0. The predicted octanol–water partition coefficient (Wildman–Crippen LogP) is 7.53. The van der Waals surface area contributed by atoms with E-state index in [0.29, 0.717) is 0 Å². The molecule has 0 amide bonds. The number of benzene rings is 6. The van der Waals surface area contributed by atoms with Crippen LogP contribution in [0.5, 0.6) is 11.5 Å². The van der Waals surface area contributed by atoms with Crippen LogP contribution in [0.15, 0.2) is 91.0 Å². The van der Waals surface area contributed by atoms with Gasteiger partial charge in [0.1, 0.15) is 11.5 Å². The monoisotopic (exact) mass is 594 g/mol. The molecule has 8 aromatic rings. The average molecular weight is 595 g/mol. The lowest BCUT2D eigenvalue weighted by atomic mass is 10.0. The Labute approximate surface area is 261 Å². The molecular weight excluding hydrogens is 565 g/mol. The normalized spacial score (nSPS) is 14.7. The smallest absolute Gasteiger partial charge is 0.198 e. The van der Waals surface area contributed by atoms with Crippen LogP contribution < -0.4 is 25.5 Å². The van der Waals surface area contributed by atoms with Gasteiger partial charge in [-0.15, -0.1) is 0 Å². The van der Waals surface area contributed by atoms with E-state index in [-0.39, 0.29) is 0 Å². The molecule has 0 atom stereocenters. The highest BCUT2D eigenvalue weighted by atomic mass is 28.3. The van der Waals surface area contributed by atoms with Crippen molar-refractivity contribution in [3.63, 3.8) is 0 Å². The summed E-state index contributed by atoms with van der Waals surface area (Å²) in [6.45, 7) is 11.2. The van der Waals surface area contributed by atoms with E-state index < -0.39 is 8.07 Å². The first-order chi connectivity index (χ1) is 21.9. The third kappa shape index (κ3) is 2.53. The quantitative estimate of drug-likeness (QED) is 0.180. The summed E-state index contributed by atoms with van der Waals surface area (Å²) in [7, 11) is -2.88. The van der Waals surface area contributed by atoms with Gasteiger partial charge >= 0.3 is 0 Å². The summed E-state index contributed by atoms with van der Waals surface area (Å²) in [6.07, 6.45) is 0. The molecule has 0 fully saturated rings. The SMILES string of the molecule is Cc1cc2c3c(c1)-n1c4ccc(C)cc4c4c(C)cc5c(c41)[Si]3(c1ccccc1)c1c(cc(C)c3c4cc(C)ccc4n-2c13)O5.